The molecule has 15 heavy (non-hydrogen) atoms. The quantitative estimate of drug-likeness (QED) is 0.845. The van der Waals surface area contributed by atoms with Gasteiger partial charge in [0.25, 0.3) is 0 Å². The number of ether oxygens (including phenoxy) is 1. The third-order valence-corrected chi connectivity index (χ3v) is 2.55. The number of carbonyl (C=O) groups excluding carboxylic acids is 1. The standard InChI is InChI=1S/C11H12ClNO2/c12-9-3-1-8(2-4-9)7-10(14)11-13-5-6-15-11/h1-4,11,13H,5-7H2. The zero-order valence-corrected chi connectivity index (χ0v) is 8.96. The van der Waals surface area contributed by atoms with Gasteiger partial charge in [-0.2, -0.15) is 0 Å². The highest BCUT2D eigenvalue weighted by Crippen LogP contribution is 2.11. The van der Waals surface area contributed by atoms with E-state index in [4.69, 9.17) is 16.3 Å². The summed E-state index contributed by atoms with van der Waals surface area (Å²) >= 11 is 5.75. The summed E-state index contributed by atoms with van der Waals surface area (Å²) in [5.41, 5.74) is 0.960. The summed E-state index contributed by atoms with van der Waals surface area (Å²) in [5, 5.41) is 3.67. The molecule has 1 heterocycles. The molecule has 1 aliphatic rings. The molecular weight excluding hydrogens is 214 g/mol. The molecule has 0 spiro atoms. The molecule has 1 fully saturated rings. The number of benzene rings is 1. The van der Waals surface area contributed by atoms with Gasteiger partial charge in [0, 0.05) is 18.0 Å². The van der Waals surface area contributed by atoms with Crippen molar-refractivity contribution >= 4 is 17.4 Å². The first-order chi connectivity index (χ1) is 7.25. The van der Waals surface area contributed by atoms with Crippen LogP contribution in [-0.2, 0) is 16.0 Å². The molecule has 2 rings (SSSR count). The highest BCUT2D eigenvalue weighted by molar-refractivity contribution is 6.30. The van der Waals surface area contributed by atoms with Crippen molar-refractivity contribution in [2.24, 2.45) is 0 Å². The van der Waals surface area contributed by atoms with E-state index in [1.165, 1.54) is 0 Å². The van der Waals surface area contributed by atoms with Gasteiger partial charge in [-0.1, -0.05) is 23.7 Å². The molecule has 4 heteroatoms. The first kappa shape index (κ1) is 10.6. The molecule has 1 N–H and O–H groups in total. The highest BCUT2D eigenvalue weighted by atomic mass is 35.5. The summed E-state index contributed by atoms with van der Waals surface area (Å²) in [5.74, 6) is 0.0647. The highest BCUT2D eigenvalue weighted by Gasteiger charge is 2.22. The summed E-state index contributed by atoms with van der Waals surface area (Å²) in [6.07, 6.45) is -0.0462. The Balaban J connectivity index is 1.96. The minimum atomic E-state index is -0.430. The molecule has 0 amide bonds. The summed E-state index contributed by atoms with van der Waals surface area (Å²) < 4.78 is 5.22. The van der Waals surface area contributed by atoms with Crippen LogP contribution >= 0.6 is 11.6 Å². The van der Waals surface area contributed by atoms with E-state index in [1.807, 2.05) is 12.1 Å². The molecule has 1 unspecified atom stereocenters. The molecule has 1 aromatic carbocycles. The lowest BCUT2D eigenvalue weighted by atomic mass is 10.1. The van der Waals surface area contributed by atoms with Gasteiger partial charge in [0.2, 0.25) is 0 Å². The molecule has 1 aromatic rings. The van der Waals surface area contributed by atoms with Gasteiger partial charge < -0.3 is 4.74 Å². The van der Waals surface area contributed by atoms with Crippen LogP contribution in [0.25, 0.3) is 0 Å². The van der Waals surface area contributed by atoms with Crippen LogP contribution in [0.2, 0.25) is 5.02 Å². The Kier molecular flexibility index (Phi) is 3.36. The Morgan fingerprint density at radius 3 is 2.80 bits per heavy atom. The lowest BCUT2D eigenvalue weighted by Crippen LogP contribution is -2.33. The number of carbonyl (C=O) groups is 1. The van der Waals surface area contributed by atoms with Crippen LogP contribution in [0.15, 0.2) is 24.3 Å². The third-order valence-electron chi connectivity index (χ3n) is 2.30. The zero-order valence-electron chi connectivity index (χ0n) is 8.20. The van der Waals surface area contributed by atoms with Gasteiger partial charge in [-0.05, 0) is 17.7 Å². The van der Waals surface area contributed by atoms with Gasteiger partial charge in [0.15, 0.2) is 12.0 Å². The molecule has 3 nitrogen and oxygen atoms in total. The molecule has 1 saturated heterocycles. The summed E-state index contributed by atoms with van der Waals surface area (Å²) in [6.45, 7) is 1.36. The van der Waals surface area contributed by atoms with Crippen LogP contribution in [-0.4, -0.2) is 25.2 Å². The van der Waals surface area contributed by atoms with Crippen molar-refractivity contribution in [3.8, 4) is 0 Å². The van der Waals surface area contributed by atoms with Crippen molar-refractivity contribution in [1.82, 2.24) is 5.32 Å². The van der Waals surface area contributed by atoms with Crippen molar-refractivity contribution in [3.05, 3.63) is 34.9 Å². The molecule has 0 bridgehead atoms. The van der Waals surface area contributed by atoms with E-state index in [-0.39, 0.29) is 5.78 Å². The topological polar surface area (TPSA) is 38.3 Å². The Bertz CT molecular complexity index is 344. The monoisotopic (exact) mass is 225 g/mol. The van der Waals surface area contributed by atoms with Crippen molar-refractivity contribution < 1.29 is 9.53 Å². The number of ketones is 1. The van der Waals surface area contributed by atoms with Gasteiger partial charge in [-0.25, -0.2) is 0 Å². The largest absolute Gasteiger partial charge is 0.355 e. The van der Waals surface area contributed by atoms with E-state index >= 15 is 0 Å². The van der Waals surface area contributed by atoms with Crippen LogP contribution in [0.5, 0.6) is 0 Å². The van der Waals surface area contributed by atoms with Crippen LogP contribution in [0.1, 0.15) is 5.56 Å². The van der Waals surface area contributed by atoms with Gasteiger partial charge in [-0.15, -0.1) is 0 Å². The molecule has 80 valence electrons. The smallest absolute Gasteiger partial charge is 0.180 e. The number of nitrogens with one attached hydrogen (secondary N) is 1. The van der Waals surface area contributed by atoms with Crippen molar-refractivity contribution in [1.29, 1.82) is 0 Å². The predicted octanol–water partition coefficient (Wildman–Crippen LogP) is 1.40. The lowest BCUT2D eigenvalue weighted by molar-refractivity contribution is -0.128. The molecule has 0 aliphatic carbocycles. The Morgan fingerprint density at radius 1 is 1.47 bits per heavy atom. The maximum atomic E-state index is 11.7. The first-order valence-electron chi connectivity index (χ1n) is 4.88. The van der Waals surface area contributed by atoms with E-state index in [0.717, 1.165) is 12.1 Å². The van der Waals surface area contributed by atoms with Gasteiger partial charge >= 0.3 is 0 Å². The van der Waals surface area contributed by atoms with Crippen LogP contribution in [0, 0.1) is 0 Å². The fourth-order valence-electron chi connectivity index (χ4n) is 1.53. The fraction of sp³-hybridized carbons (Fsp3) is 0.364. The summed E-state index contributed by atoms with van der Waals surface area (Å²) in [7, 11) is 0. The van der Waals surface area contributed by atoms with Gasteiger partial charge in [-0.3, -0.25) is 10.1 Å². The Labute approximate surface area is 93.4 Å². The first-order valence-corrected chi connectivity index (χ1v) is 5.25. The van der Waals surface area contributed by atoms with E-state index in [9.17, 15) is 4.79 Å². The van der Waals surface area contributed by atoms with E-state index in [2.05, 4.69) is 5.32 Å². The minimum Gasteiger partial charge on any atom is -0.355 e. The number of rotatable bonds is 3. The normalized spacial score (nSPS) is 20.5. The minimum absolute atomic E-state index is 0.0647. The van der Waals surface area contributed by atoms with Crippen LogP contribution < -0.4 is 5.32 Å². The van der Waals surface area contributed by atoms with Crippen LogP contribution in [0.4, 0.5) is 0 Å². The van der Waals surface area contributed by atoms with E-state index in [1.54, 1.807) is 12.1 Å². The molecule has 1 atom stereocenters. The van der Waals surface area contributed by atoms with E-state index in [0.29, 0.717) is 18.1 Å². The third kappa shape index (κ3) is 2.78. The van der Waals surface area contributed by atoms with Crippen LogP contribution in [0.3, 0.4) is 0 Å². The second-order valence-electron chi connectivity index (χ2n) is 3.47. The van der Waals surface area contributed by atoms with E-state index < -0.39 is 6.23 Å². The molecular formula is C11H12ClNO2. The number of hydrogen-bond donors (Lipinski definition) is 1. The second kappa shape index (κ2) is 4.75. The molecule has 1 aliphatic heterocycles. The predicted molar refractivity (Wildman–Crippen MR) is 57.9 cm³/mol. The number of Topliss-reactive ketones (excluding diaryl/α,β-unsaturated/α-hetero) is 1. The average molecular weight is 226 g/mol. The fourth-order valence-corrected chi connectivity index (χ4v) is 1.65. The summed E-state index contributed by atoms with van der Waals surface area (Å²) in [4.78, 5) is 11.7. The lowest BCUT2D eigenvalue weighted by Gasteiger charge is -2.08. The Hall–Kier alpha value is -0.900. The second-order valence-corrected chi connectivity index (χ2v) is 3.91. The average Bonchev–Trinajstić information content (AvgIpc) is 2.74. The Morgan fingerprint density at radius 2 is 2.20 bits per heavy atom. The maximum absolute atomic E-state index is 11.7. The molecule has 0 radical (unpaired) electrons. The van der Waals surface area contributed by atoms with Crippen molar-refractivity contribution in [3.63, 3.8) is 0 Å². The zero-order chi connectivity index (χ0) is 10.7. The van der Waals surface area contributed by atoms with Crippen molar-refractivity contribution in [2.75, 3.05) is 13.2 Å². The van der Waals surface area contributed by atoms with Crippen molar-refractivity contribution in [2.45, 2.75) is 12.6 Å². The summed E-state index contributed by atoms with van der Waals surface area (Å²) in [6, 6.07) is 7.28. The van der Waals surface area contributed by atoms with Gasteiger partial charge in [0.1, 0.15) is 0 Å². The SMILES string of the molecule is O=C(Cc1ccc(Cl)cc1)C1NCCO1. The van der Waals surface area contributed by atoms with Gasteiger partial charge in [0.05, 0.1) is 6.61 Å². The number of halogens is 1. The maximum Gasteiger partial charge on any atom is 0.180 e. The number of hydrogen-bond acceptors (Lipinski definition) is 3. The molecule has 0 saturated carbocycles. The molecule has 0 aromatic heterocycles.